The Kier molecular flexibility index (Phi) is 2.32. The zero-order valence-electron chi connectivity index (χ0n) is 9.95. The summed E-state index contributed by atoms with van der Waals surface area (Å²) in [4.78, 5) is 0. The summed E-state index contributed by atoms with van der Waals surface area (Å²) in [5.41, 5.74) is 2.93. The number of fused-ring (bicyclic) bond motifs is 3. The summed E-state index contributed by atoms with van der Waals surface area (Å²) < 4.78 is 0. The average molecular weight is 216 g/mol. The van der Waals surface area contributed by atoms with E-state index in [9.17, 15) is 5.11 Å². The van der Waals surface area contributed by atoms with Gasteiger partial charge in [0.2, 0.25) is 0 Å². The minimum Gasteiger partial charge on any atom is -0.388 e. The predicted octanol–water partition coefficient (Wildman–Crippen LogP) is 3.57. The van der Waals surface area contributed by atoms with Crippen LogP contribution in [0.3, 0.4) is 0 Å². The smallest absolute Gasteiger partial charge is 0.0795 e. The van der Waals surface area contributed by atoms with Crippen LogP contribution in [0.4, 0.5) is 0 Å². The molecule has 0 spiro atoms. The van der Waals surface area contributed by atoms with Crippen molar-refractivity contribution in [2.75, 3.05) is 0 Å². The van der Waals surface area contributed by atoms with Crippen LogP contribution in [-0.4, -0.2) is 5.11 Å². The lowest BCUT2D eigenvalue weighted by Crippen LogP contribution is -2.40. The fraction of sp³-hybridized carbons (Fsp3) is 0.600. The first-order valence-electron chi connectivity index (χ1n) is 6.49. The van der Waals surface area contributed by atoms with Crippen molar-refractivity contribution in [2.45, 2.75) is 50.5 Å². The van der Waals surface area contributed by atoms with E-state index >= 15 is 0 Å². The van der Waals surface area contributed by atoms with E-state index in [-0.39, 0.29) is 6.10 Å². The molecule has 0 aliphatic heterocycles. The predicted molar refractivity (Wildman–Crippen MR) is 65.3 cm³/mol. The van der Waals surface area contributed by atoms with Crippen molar-refractivity contribution in [3.63, 3.8) is 0 Å². The Balaban J connectivity index is 2.12. The molecular weight excluding hydrogens is 196 g/mol. The Labute approximate surface area is 97.5 Å². The normalized spacial score (nSPS) is 37.6. The molecule has 86 valence electrons. The molecule has 0 bridgehead atoms. The summed E-state index contributed by atoms with van der Waals surface area (Å²) in [7, 11) is 0. The lowest BCUT2D eigenvalue weighted by Gasteiger charge is -2.47. The summed E-state index contributed by atoms with van der Waals surface area (Å²) >= 11 is 0. The molecule has 3 rings (SSSR count). The van der Waals surface area contributed by atoms with Gasteiger partial charge >= 0.3 is 0 Å². The molecule has 0 saturated heterocycles. The third kappa shape index (κ3) is 1.34. The number of rotatable bonds is 0. The maximum atomic E-state index is 10.2. The second-order valence-corrected chi connectivity index (χ2v) is 5.70. The lowest BCUT2D eigenvalue weighted by molar-refractivity contribution is 0.0712. The Morgan fingerprint density at radius 3 is 2.94 bits per heavy atom. The molecule has 0 radical (unpaired) electrons. The first-order chi connectivity index (χ1) is 7.72. The van der Waals surface area contributed by atoms with Crippen molar-refractivity contribution in [2.24, 2.45) is 5.92 Å². The van der Waals surface area contributed by atoms with E-state index in [2.05, 4.69) is 31.2 Å². The highest BCUT2D eigenvalue weighted by Crippen LogP contribution is 2.52. The van der Waals surface area contributed by atoms with Crippen molar-refractivity contribution in [3.05, 3.63) is 35.4 Å². The van der Waals surface area contributed by atoms with Crippen molar-refractivity contribution < 1.29 is 5.11 Å². The van der Waals surface area contributed by atoms with Crippen molar-refractivity contribution in [1.82, 2.24) is 0 Å². The Hall–Kier alpha value is -0.820. The molecule has 2 aliphatic carbocycles. The van der Waals surface area contributed by atoms with Crippen LogP contribution in [-0.2, 0) is 5.41 Å². The van der Waals surface area contributed by atoms with Gasteiger partial charge in [0.25, 0.3) is 0 Å². The number of aliphatic hydroxyl groups excluding tert-OH is 1. The van der Waals surface area contributed by atoms with Gasteiger partial charge < -0.3 is 5.11 Å². The van der Waals surface area contributed by atoms with Crippen LogP contribution in [0.15, 0.2) is 24.3 Å². The Bertz CT molecular complexity index is 398. The van der Waals surface area contributed by atoms with Gasteiger partial charge in [0.05, 0.1) is 6.10 Å². The molecule has 1 aromatic rings. The average Bonchev–Trinajstić information content (AvgIpc) is 2.31. The van der Waals surface area contributed by atoms with Gasteiger partial charge in [-0.15, -0.1) is 0 Å². The third-order valence-electron chi connectivity index (χ3n) is 4.84. The maximum absolute atomic E-state index is 10.2. The van der Waals surface area contributed by atoms with Crippen LogP contribution in [0.1, 0.15) is 56.3 Å². The van der Waals surface area contributed by atoms with Gasteiger partial charge in [-0.05, 0) is 41.7 Å². The minimum absolute atomic E-state index is 0.229. The zero-order valence-corrected chi connectivity index (χ0v) is 9.95. The van der Waals surface area contributed by atoms with Gasteiger partial charge in [-0.2, -0.15) is 0 Å². The van der Waals surface area contributed by atoms with Crippen molar-refractivity contribution in [3.8, 4) is 0 Å². The fourth-order valence-electron chi connectivity index (χ4n) is 3.84. The summed E-state index contributed by atoms with van der Waals surface area (Å²) in [6, 6.07) is 8.51. The molecule has 1 N–H and O–H groups in total. The number of benzene rings is 1. The van der Waals surface area contributed by atoms with Crippen LogP contribution in [0, 0.1) is 5.92 Å². The van der Waals surface area contributed by atoms with Crippen LogP contribution in [0.2, 0.25) is 0 Å². The maximum Gasteiger partial charge on any atom is 0.0795 e. The highest BCUT2D eigenvalue weighted by atomic mass is 16.3. The molecule has 2 aliphatic rings. The largest absolute Gasteiger partial charge is 0.388 e. The van der Waals surface area contributed by atoms with E-state index in [0.29, 0.717) is 11.3 Å². The van der Waals surface area contributed by atoms with E-state index in [4.69, 9.17) is 0 Å². The fourth-order valence-corrected chi connectivity index (χ4v) is 3.84. The second kappa shape index (κ2) is 3.59. The van der Waals surface area contributed by atoms with Crippen molar-refractivity contribution >= 4 is 0 Å². The van der Waals surface area contributed by atoms with Gasteiger partial charge in [0.1, 0.15) is 0 Å². The molecule has 0 amide bonds. The molecule has 0 unspecified atom stereocenters. The summed E-state index contributed by atoms with van der Waals surface area (Å²) in [6.45, 7) is 2.40. The molecule has 1 heteroatoms. The van der Waals surface area contributed by atoms with E-state index in [1.165, 1.54) is 36.8 Å². The van der Waals surface area contributed by atoms with Gasteiger partial charge in [0, 0.05) is 0 Å². The van der Waals surface area contributed by atoms with Gasteiger partial charge in [0.15, 0.2) is 0 Å². The van der Waals surface area contributed by atoms with Crippen molar-refractivity contribution in [1.29, 1.82) is 0 Å². The van der Waals surface area contributed by atoms with Gasteiger partial charge in [-0.25, -0.2) is 0 Å². The van der Waals surface area contributed by atoms with E-state index in [1.807, 2.05) is 0 Å². The highest BCUT2D eigenvalue weighted by molar-refractivity contribution is 5.39. The number of hydrogen-bond donors (Lipinski definition) is 1. The Morgan fingerprint density at radius 1 is 1.25 bits per heavy atom. The molecule has 16 heavy (non-hydrogen) atoms. The molecule has 1 saturated carbocycles. The summed E-state index contributed by atoms with van der Waals surface area (Å²) in [6.07, 6.45) is 6.01. The third-order valence-corrected chi connectivity index (χ3v) is 4.84. The van der Waals surface area contributed by atoms with Gasteiger partial charge in [-0.1, -0.05) is 44.0 Å². The quantitative estimate of drug-likeness (QED) is 0.703. The molecule has 1 aromatic carbocycles. The van der Waals surface area contributed by atoms with E-state index in [0.717, 1.165) is 6.42 Å². The van der Waals surface area contributed by atoms with Crippen LogP contribution < -0.4 is 0 Å². The summed E-state index contributed by atoms with van der Waals surface area (Å²) in [5.74, 6) is 0.686. The Morgan fingerprint density at radius 2 is 2.06 bits per heavy atom. The SMILES string of the molecule is C[C@]12CCCC[C@@H]1C[C@@H](O)c1ccccc12. The summed E-state index contributed by atoms with van der Waals surface area (Å²) in [5, 5.41) is 10.2. The minimum atomic E-state index is -0.229. The standard InChI is InChI=1S/C15H20O/c1-15-9-5-4-6-11(15)10-14(16)12-7-2-3-8-13(12)15/h2-3,7-8,11,14,16H,4-6,9-10H2,1H3/t11-,14-,15+/m1/s1. The highest BCUT2D eigenvalue weighted by Gasteiger charge is 2.44. The second-order valence-electron chi connectivity index (χ2n) is 5.70. The molecule has 0 heterocycles. The van der Waals surface area contributed by atoms with E-state index in [1.54, 1.807) is 0 Å². The number of hydrogen-bond acceptors (Lipinski definition) is 1. The molecular formula is C15H20O. The molecule has 1 nitrogen and oxygen atoms in total. The first-order valence-corrected chi connectivity index (χ1v) is 6.49. The van der Waals surface area contributed by atoms with Crippen LogP contribution >= 0.6 is 0 Å². The monoisotopic (exact) mass is 216 g/mol. The topological polar surface area (TPSA) is 20.2 Å². The van der Waals surface area contributed by atoms with E-state index < -0.39 is 0 Å². The molecule has 0 aromatic heterocycles. The first kappa shape index (κ1) is 10.3. The van der Waals surface area contributed by atoms with Crippen LogP contribution in [0.5, 0.6) is 0 Å². The number of aliphatic hydroxyl groups is 1. The molecule has 1 fully saturated rings. The van der Waals surface area contributed by atoms with Crippen LogP contribution in [0.25, 0.3) is 0 Å². The lowest BCUT2D eigenvalue weighted by atomic mass is 9.58. The molecule has 3 atom stereocenters. The zero-order chi connectivity index (χ0) is 11.2. The van der Waals surface area contributed by atoms with Gasteiger partial charge in [-0.3, -0.25) is 0 Å².